The number of halogens is 2. The van der Waals surface area contributed by atoms with E-state index in [1.165, 1.54) is 6.07 Å². The van der Waals surface area contributed by atoms with E-state index in [1.807, 2.05) is 30.3 Å². The minimum atomic E-state index is -1.05. The molecule has 0 bridgehead atoms. The van der Waals surface area contributed by atoms with Gasteiger partial charge < -0.3 is 9.52 Å². The molecule has 0 aliphatic carbocycles. The summed E-state index contributed by atoms with van der Waals surface area (Å²) >= 11 is 12.2. The number of aromatic carboxylic acids is 1. The fourth-order valence-electron chi connectivity index (χ4n) is 2.92. The first kappa shape index (κ1) is 18.3. The Hall–Kier alpha value is -3.08. The van der Waals surface area contributed by atoms with Gasteiger partial charge >= 0.3 is 5.97 Å². The summed E-state index contributed by atoms with van der Waals surface area (Å²) in [6.45, 7) is 0. The molecule has 3 aromatic carbocycles. The molecule has 28 heavy (non-hydrogen) atoms. The molecular formula is C22H13Cl2NO3. The van der Waals surface area contributed by atoms with Gasteiger partial charge in [-0.1, -0.05) is 71.7 Å². The fourth-order valence-corrected chi connectivity index (χ4v) is 3.21. The molecule has 138 valence electrons. The number of benzene rings is 3. The van der Waals surface area contributed by atoms with Gasteiger partial charge in [-0.2, -0.15) is 0 Å². The van der Waals surface area contributed by atoms with Gasteiger partial charge in [-0.05, 0) is 24.3 Å². The van der Waals surface area contributed by atoms with Crippen LogP contribution in [0.5, 0.6) is 0 Å². The molecule has 0 fully saturated rings. The topological polar surface area (TPSA) is 63.3 Å². The van der Waals surface area contributed by atoms with Crippen LogP contribution in [0, 0.1) is 0 Å². The monoisotopic (exact) mass is 409 g/mol. The Labute approximate surface area is 171 Å². The molecular weight excluding hydrogens is 397 g/mol. The third kappa shape index (κ3) is 3.40. The van der Waals surface area contributed by atoms with E-state index in [1.54, 1.807) is 36.4 Å². The number of aromatic nitrogens is 1. The van der Waals surface area contributed by atoms with Gasteiger partial charge in [0.2, 0.25) is 5.89 Å². The zero-order valence-corrected chi connectivity index (χ0v) is 15.9. The summed E-state index contributed by atoms with van der Waals surface area (Å²) in [6.07, 6.45) is 0. The maximum Gasteiger partial charge on any atom is 0.336 e. The summed E-state index contributed by atoms with van der Waals surface area (Å²) in [7, 11) is 0. The Morgan fingerprint density at radius 1 is 0.857 bits per heavy atom. The molecule has 0 amide bonds. The second kappa shape index (κ2) is 7.50. The second-order valence-electron chi connectivity index (χ2n) is 6.04. The van der Waals surface area contributed by atoms with Crippen molar-refractivity contribution in [3.05, 3.63) is 88.4 Å². The highest BCUT2D eigenvalue weighted by molar-refractivity contribution is 6.42. The summed E-state index contributed by atoms with van der Waals surface area (Å²) in [4.78, 5) is 16.2. The van der Waals surface area contributed by atoms with Crippen LogP contribution in [0.1, 0.15) is 10.4 Å². The Morgan fingerprint density at radius 2 is 1.57 bits per heavy atom. The van der Waals surface area contributed by atoms with Crippen molar-refractivity contribution in [1.82, 2.24) is 4.98 Å². The molecule has 1 aromatic heterocycles. The maximum atomic E-state index is 11.6. The van der Waals surface area contributed by atoms with Crippen LogP contribution in [0.15, 0.2) is 77.2 Å². The molecule has 1 N–H and O–H groups in total. The minimum absolute atomic E-state index is 0.115. The van der Waals surface area contributed by atoms with E-state index in [9.17, 15) is 9.90 Å². The average molecular weight is 410 g/mol. The molecule has 1 heterocycles. The van der Waals surface area contributed by atoms with E-state index >= 15 is 0 Å². The van der Waals surface area contributed by atoms with E-state index < -0.39 is 5.97 Å². The lowest BCUT2D eigenvalue weighted by molar-refractivity contribution is 0.0697. The van der Waals surface area contributed by atoms with E-state index in [2.05, 4.69) is 4.98 Å². The first-order chi connectivity index (χ1) is 13.5. The number of carbonyl (C=O) groups is 1. The van der Waals surface area contributed by atoms with Crippen molar-refractivity contribution >= 4 is 29.2 Å². The van der Waals surface area contributed by atoms with Crippen molar-refractivity contribution in [2.75, 3.05) is 0 Å². The van der Waals surface area contributed by atoms with Crippen molar-refractivity contribution in [3.8, 4) is 34.0 Å². The van der Waals surface area contributed by atoms with Gasteiger partial charge in [-0.25, -0.2) is 9.78 Å². The zero-order chi connectivity index (χ0) is 19.7. The summed E-state index contributed by atoms with van der Waals surface area (Å²) in [5.74, 6) is -0.307. The number of hydrogen-bond acceptors (Lipinski definition) is 3. The number of oxazole rings is 1. The maximum absolute atomic E-state index is 11.6. The molecule has 4 aromatic rings. The van der Waals surface area contributed by atoms with E-state index in [0.717, 1.165) is 11.1 Å². The highest BCUT2D eigenvalue weighted by Crippen LogP contribution is 2.38. The Kier molecular flexibility index (Phi) is 4.90. The Balaban J connectivity index is 1.95. The molecule has 0 saturated heterocycles. The van der Waals surface area contributed by atoms with Gasteiger partial charge in [0.25, 0.3) is 0 Å². The molecule has 0 radical (unpaired) electrons. The largest absolute Gasteiger partial charge is 0.478 e. The highest BCUT2D eigenvalue weighted by atomic mass is 35.5. The van der Waals surface area contributed by atoms with E-state index in [4.69, 9.17) is 27.6 Å². The molecule has 0 unspecified atom stereocenters. The predicted molar refractivity (Wildman–Crippen MR) is 110 cm³/mol. The van der Waals surface area contributed by atoms with Gasteiger partial charge in [0.05, 0.1) is 21.2 Å². The number of carboxylic acids is 1. The third-order valence-electron chi connectivity index (χ3n) is 4.24. The third-order valence-corrected chi connectivity index (χ3v) is 4.98. The van der Waals surface area contributed by atoms with Gasteiger partial charge in [0.15, 0.2) is 5.76 Å². The van der Waals surface area contributed by atoms with Crippen LogP contribution in [0.4, 0.5) is 0 Å². The minimum Gasteiger partial charge on any atom is -0.478 e. The molecule has 0 atom stereocenters. The lowest BCUT2D eigenvalue weighted by atomic mass is 10.1. The Morgan fingerprint density at radius 3 is 2.29 bits per heavy atom. The Bertz CT molecular complexity index is 1170. The van der Waals surface area contributed by atoms with E-state index in [0.29, 0.717) is 27.1 Å². The molecule has 4 nitrogen and oxygen atoms in total. The molecule has 4 rings (SSSR count). The van der Waals surface area contributed by atoms with Crippen molar-refractivity contribution in [2.24, 2.45) is 0 Å². The predicted octanol–water partition coefficient (Wildman–Crippen LogP) is 6.68. The van der Waals surface area contributed by atoms with Crippen molar-refractivity contribution in [2.45, 2.75) is 0 Å². The van der Waals surface area contributed by atoms with Gasteiger partial charge in [-0.3, -0.25) is 0 Å². The first-order valence-corrected chi connectivity index (χ1v) is 9.14. The van der Waals surface area contributed by atoms with Crippen LogP contribution in [0.25, 0.3) is 34.0 Å². The standard InChI is InChI=1S/C22H13Cl2NO3/c23-17-11-10-14(12-18(17)24)19-20(13-6-2-1-3-7-13)28-21(25-19)15-8-4-5-9-16(15)22(26)27/h1-12H,(H,26,27). The molecule has 6 heteroatoms. The van der Waals surface area contributed by atoms with E-state index in [-0.39, 0.29) is 11.5 Å². The SMILES string of the molecule is O=C(O)c1ccccc1-c1nc(-c2ccc(Cl)c(Cl)c2)c(-c2ccccc2)o1. The number of rotatable bonds is 4. The van der Waals surface area contributed by atoms with Gasteiger partial charge in [-0.15, -0.1) is 0 Å². The highest BCUT2D eigenvalue weighted by Gasteiger charge is 2.21. The van der Waals surface area contributed by atoms with Crippen molar-refractivity contribution < 1.29 is 14.3 Å². The smallest absolute Gasteiger partial charge is 0.336 e. The summed E-state index contributed by atoms with van der Waals surface area (Å²) in [6, 6.07) is 21.3. The van der Waals surface area contributed by atoms with Crippen LogP contribution >= 0.6 is 23.2 Å². The average Bonchev–Trinajstić information content (AvgIpc) is 3.16. The van der Waals surface area contributed by atoms with Crippen LogP contribution in [-0.2, 0) is 0 Å². The quantitative estimate of drug-likeness (QED) is 0.408. The normalized spacial score (nSPS) is 10.8. The van der Waals surface area contributed by atoms with Crippen LogP contribution in [0.2, 0.25) is 10.0 Å². The van der Waals surface area contributed by atoms with Crippen molar-refractivity contribution in [3.63, 3.8) is 0 Å². The molecule has 0 aliphatic rings. The van der Waals surface area contributed by atoms with Crippen molar-refractivity contribution in [1.29, 1.82) is 0 Å². The molecule has 0 aliphatic heterocycles. The van der Waals surface area contributed by atoms with Crippen LogP contribution in [-0.4, -0.2) is 16.1 Å². The first-order valence-electron chi connectivity index (χ1n) is 8.39. The van der Waals surface area contributed by atoms with Gasteiger partial charge in [0.1, 0.15) is 5.69 Å². The number of nitrogens with zero attached hydrogens (tertiary/aromatic N) is 1. The lowest BCUT2D eigenvalue weighted by Gasteiger charge is -2.03. The van der Waals surface area contributed by atoms with Gasteiger partial charge in [0, 0.05) is 11.1 Å². The molecule has 0 spiro atoms. The summed E-state index contributed by atoms with van der Waals surface area (Å²) in [5.41, 5.74) is 2.61. The van der Waals surface area contributed by atoms with Crippen LogP contribution < -0.4 is 0 Å². The molecule has 0 saturated carbocycles. The zero-order valence-electron chi connectivity index (χ0n) is 14.4. The summed E-state index contributed by atoms with van der Waals surface area (Å²) < 4.78 is 6.05. The summed E-state index contributed by atoms with van der Waals surface area (Å²) in [5, 5.41) is 10.3. The lowest BCUT2D eigenvalue weighted by Crippen LogP contribution is -1.99. The fraction of sp³-hybridized carbons (Fsp3) is 0. The number of hydrogen-bond donors (Lipinski definition) is 1. The second-order valence-corrected chi connectivity index (χ2v) is 6.86. The van der Waals surface area contributed by atoms with Crippen LogP contribution in [0.3, 0.4) is 0 Å². The number of carboxylic acid groups (broad SMARTS) is 1.